The van der Waals surface area contributed by atoms with E-state index < -0.39 is 17.4 Å². The van der Waals surface area contributed by atoms with E-state index in [0.29, 0.717) is 18.8 Å². The van der Waals surface area contributed by atoms with Gasteiger partial charge in [0.15, 0.2) is 6.73 Å². The Morgan fingerprint density at radius 3 is 2.38 bits per heavy atom. The van der Waals surface area contributed by atoms with Crippen molar-refractivity contribution >= 4 is 11.6 Å². The summed E-state index contributed by atoms with van der Waals surface area (Å²) < 4.78 is 42.4. The molecule has 1 fully saturated rings. The molecule has 3 rings (SSSR count). The van der Waals surface area contributed by atoms with Crippen LogP contribution < -0.4 is 4.90 Å². The van der Waals surface area contributed by atoms with Crippen molar-refractivity contribution in [2.24, 2.45) is 5.41 Å². The van der Waals surface area contributed by atoms with Crippen molar-refractivity contribution in [2.45, 2.75) is 26.6 Å². The van der Waals surface area contributed by atoms with Crippen LogP contribution in [0.4, 0.5) is 18.9 Å². The molecule has 24 heavy (non-hydrogen) atoms. The minimum Gasteiger partial charge on any atom is -0.466 e. The number of ether oxygens (including phenoxy) is 1. The highest BCUT2D eigenvalue weighted by molar-refractivity contribution is 5.82. The van der Waals surface area contributed by atoms with Gasteiger partial charge in [-0.1, -0.05) is 12.1 Å². The van der Waals surface area contributed by atoms with Gasteiger partial charge in [0.2, 0.25) is 5.76 Å². The van der Waals surface area contributed by atoms with E-state index in [-0.39, 0.29) is 12.6 Å². The average molecular weight is 342 g/mol. The molecule has 2 aliphatic heterocycles. The molecule has 1 aromatic carbocycles. The van der Waals surface area contributed by atoms with Crippen LogP contribution in [0.25, 0.3) is 0 Å². The highest BCUT2D eigenvalue weighted by Gasteiger charge is 2.41. The van der Waals surface area contributed by atoms with Crippen molar-refractivity contribution in [2.75, 3.05) is 18.2 Å². The van der Waals surface area contributed by atoms with Crippen LogP contribution in [-0.2, 0) is 20.9 Å². The third-order valence-corrected chi connectivity index (χ3v) is 3.89. The van der Waals surface area contributed by atoms with Crippen LogP contribution in [0.5, 0.6) is 0 Å². The van der Waals surface area contributed by atoms with Crippen molar-refractivity contribution in [3.8, 4) is 0 Å². The number of nitrogens with zero attached hydrogens (tertiary/aromatic N) is 2. The number of halogens is 3. The second kappa shape index (κ2) is 5.70. The summed E-state index contributed by atoms with van der Waals surface area (Å²) in [7, 11) is 0. The van der Waals surface area contributed by atoms with E-state index in [9.17, 15) is 18.0 Å². The molecular weight excluding hydrogens is 325 g/mol. The van der Waals surface area contributed by atoms with E-state index in [4.69, 9.17) is 4.84 Å². The topological polar surface area (TPSA) is 42.0 Å². The van der Waals surface area contributed by atoms with E-state index in [1.807, 2.05) is 13.8 Å². The molecule has 2 aliphatic rings. The minimum atomic E-state index is -4.49. The second-order valence-corrected chi connectivity index (χ2v) is 6.40. The summed E-state index contributed by atoms with van der Waals surface area (Å²) >= 11 is 0. The summed E-state index contributed by atoms with van der Waals surface area (Å²) in [6.45, 7) is 4.07. The molecule has 0 unspecified atom stereocenters. The van der Waals surface area contributed by atoms with Gasteiger partial charge in [0, 0.05) is 5.69 Å². The summed E-state index contributed by atoms with van der Waals surface area (Å²) in [5.41, 5.74) is 0.864. The number of benzene rings is 1. The molecule has 0 spiro atoms. The number of hydrogen-bond donors (Lipinski definition) is 0. The lowest BCUT2D eigenvalue weighted by Gasteiger charge is -2.17. The Hall–Kier alpha value is -2.22. The van der Waals surface area contributed by atoms with E-state index in [0.717, 1.165) is 11.8 Å². The van der Waals surface area contributed by atoms with Gasteiger partial charge in [-0.2, -0.15) is 13.2 Å². The highest BCUT2D eigenvalue weighted by atomic mass is 19.4. The van der Waals surface area contributed by atoms with Crippen molar-refractivity contribution in [3.63, 3.8) is 0 Å². The maximum Gasteiger partial charge on any atom is 0.450 e. The molecule has 0 atom stereocenters. The van der Waals surface area contributed by atoms with Crippen molar-refractivity contribution in [3.05, 3.63) is 41.8 Å². The molecule has 5 nitrogen and oxygen atoms in total. The van der Waals surface area contributed by atoms with Crippen LogP contribution in [-0.4, -0.2) is 30.5 Å². The molecular formula is C16H17F3N2O3. The normalized spacial score (nSPS) is 20.4. The van der Waals surface area contributed by atoms with Crippen LogP contribution in [0.2, 0.25) is 0 Å². The van der Waals surface area contributed by atoms with E-state index in [2.05, 4.69) is 4.74 Å². The zero-order valence-corrected chi connectivity index (χ0v) is 13.3. The first-order valence-electron chi connectivity index (χ1n) is 7.39. The summed E-state index contributed by atoms with van der Waals surface area (Å²) in [6.07, 6.45) is -3.56. The van der Waals surface area contributed by atoms with Gasteiger partial charge in [0.05, 0.1) is 24.8 Å². The van der Waals surface area contributed by atoms with Gasteiger partial charge in [-0.05, 0) is 31.5 Å². The minimum absolute atomic E-state index is 0.0859. The largest absolute Gasteiger partial charge is 0.466 e. The fourth-order valence-corrected chi connectivity index (χ4v) is 2.43. The van der Waals surface area contributed by atoms with Gasteiger partial charge in [0.1, 0.15) is 0 Å². The molecule has 0 aliphatic carbocycles. The predicted octanol–water partition coefficient (Wildman–Crippen LogP) is 3.18. The van der Waals surface area contributed by atoms with E-state index in [1.165, 1.54) is 9.96 Å². The van der Waals surface area contributed by atoms with Gasteiger partial charge in [-0.25, -0.2) is 5.06 Å². The lowest BCUT2D eigenvalue weighted by molar-refractivity contribution is -0.165. The number of rotatable bonds is 3. The number of hydroxylamine groups is 2. The molecule has 8 heteroatoms. The zero-order valence-electron chi connectivity index (χ0n) is 13.3. The van der Waals surface area contributed by atoms with Crippen molar-refractivity contribution < 1.29 is 27.5 Å². The second-order valence-electron chi connectivity index (χ2n) is 6.40. The predicted molar refractivity (Wildman–Crippen MR) is 79.3 cm³/mol. The number of allylic oxidation sites excluding steroid dienone is 1. The molecule has 1 amide bonds. The van der Waals surface area contributed by atoms with Gasteiger partial charge in [-0.3, -0.25) is 9.63 Å². The first kappa shape index (κ1) is 16.6. The third kappa shape index (κ3) is 3.19. The highest BCUT2D eigenvalue weighted by Crippen LogP contribution is 2.32. The van der Waals surface area contributed by atoms with Gasteiger partial charge in [-0.15, -0.1) is 0 Å². The number of alkyl halides is 3. The fourth-order valence-electron chi connectivity index (χ4n) is 2.43. The number of hydrogen-bond acceptors (Lipinski definition) is 4. The van der Waals surface area contributed by atoms with Crippen molar-refractivity contribution in [1.82, 2.24) is 5.06 Å². The lowest BCUT2D eigenvalue weighted by atomic mass is 9.95. The number of anilines is 1. The Kier molecular flexibility index (Phi) is 3.95. The summed E-state index contributed by atoms with van der Waals surface area (Å²) in [5.74, 6) is -1.10. The molecule has 0 saturated carbocycles. The maximum atomic E-state index is 12.6. The van der Waals surface area contributed by atoms with E-state index >= 15 is 0 Å². The molecule has 0 radical (unpaired) electrons. The van der Waals surface area contributed by atoms with Crippen LogP contribution in [0.15, 0.2) is 36.2 Å². The quantitative estimate of drug-likeness (QED) is 0.846. The molecule has 1 aromatic rings. The lowest BCUT2D eigenvalue weighted by Crippen LogP contribution is -2.30. The molecule has 130 valence electrons. The Labute approximate surface area is 137 Å². The van der Waals surface area contributed by atoms with Crippen LogP contribution in [0, 0.1) is 5.41 Å². The van der Waals surface area contributed by atoms with E-state index in [1.54, 1.807) is 24.3 Å². The van der Waals surface area contributed by atoms with Gasteiger partial charge in [0.25, 0.3) is 5.91 Å². The summed E-state index contributed by atoms with van der Waals surface area (Å²) in [5, 5.41) is 1.32. The first-order valence-corrected chi connectivity index (χ1v) is 7.39. The Bertz CT molecular complexity index is 668. The van der Waals surface area contributed by atoms with Crippen molar-refractivity contribution in [1.29, 1.82) is 0 Å². The summed E-state index contributed by atoms with van der Waals surface area (Å²) in [4.78, 5) is 18.9. The number of carbonyl (C=O) groups is 1. The van der Waals surface area contributed by atoms with Gasteiger partial charge >= 0.3 is 6.18 Å². The molecule has 0 bridgehead atoms. The average Bonchev–Trinajstić information content (AvgIpc) is 3.09. The molecule has 0 N–H and O–H groups in total. The molecule has 0 aromatic heterocycles. The Morgan fingerprint density at radius 2 is 1.88 bits per heavy atom. The number of amides is 1. The number of carbonyl (C=O) groups excluding carboxylic acids is 1. The van der Waals surface area contributed by atoms with Crippen LogP contribution >= 0.6 is 0 Å². The van der Waals surface area contributed by atoms with Crippen LogP contribution in [0.1, 0.15) is 19.4 Å². The Balaban J connectivity index is 1.67. The smallest absolute Gasteiger partial charge is 0.450 e. The third-order valence-electron chi connectivity index (χ3n) is 3.89. The SMILES string of the molecule is CC1(C)CON(Cc2ccc(N3C=C(C(F)(F)F)OC3)cc2)C1=O. The Morgan fingerprint density at radius 1 is 1.21 bits per heavy atom. The first-order chi connectivity index (χ1) is 11.2. The maximum absolute atomic E-state index is 12.6. The standard InChI is InChI=1S/C16H17F3N2O3/c1-15(2)9-24-21(14(15)22)7-11-3-5-12(6-4-11)20-8-13(23-10-20)16(17,18)19/h3-6,8H,7,9-10H2,1-2H3. The zero-order chi connectivity index (χ0) is 17.5. The monoisotopic (exact) mass is 342 g/mol. The molecule has 2 heterocycles. The van der Waals surface area contributed by atoms with Gasteiger partial charge < -0.3 is 9.64 Å². The fraction of sp³-hybridized carbons (Fsp3) is 0.438. The molecule has 1 saturated heterocycles. The van der Waals surface area contributed by atoms with Crippen LogP contribution in [0.3, 0.4) is 0 Å². The summed E-state index contributed by atoms with van der Waals surface area (Å²) in [6, 6.07) is 6.85.